The van der Waals surface area contributed by atoms with Crippen LogP contribution >= 0.6 is 0 Å². The van der Waals surface area contributed by atoms with E-state index in [9.17, 15) is 4.79 Å². The van der Waals surface area contributed by atoms with Crippen LogP contribution in [-0.2, 0) is 6.54 Å². The molecule has 144 valence electrons. The average molecular weight is 375 g/mol. The summed E-state index contributed by atoms with van der Waals surface area (Å²) in [5.74, 6) is 0.728. The molecule has 0 fully saturated rings. The van der Waals surface area contributed by atoms with Crippen molar-refractivity contribution in [3.63, 3.8) is 0 Å². The zero-order valence-electron chi connectivity index (χ0n) is 16.7. The van der Waals surface area contributed by atoms with Crippen molar-refractivity contribution in [2.45, 2.75) is 27.3 Å². The summed E-state index contributed by atoms with van der Waals surface area (Å²) in [5, 5.41) is 2.97. The van der Waals surface area contributed by atoms with Gasteiger partial charge in [0.15, 0.2) is 0 Å². The first-order valence-electron chi connectivity index (χ1n) is 9.32. The number of aromatic nitrogens is 3. The highest BCUT2D eigenvalue weighted by molar-refractivity contribution is 5.95. The fourth-order valence-corrected chi connectivity index (χ4v) is 2.88. The molecule has 0 aliphatic heterocycles. The summed E-state index contributed by atoms with van der Waals surface area (Å²) < 4.78 is 0. The van der Waals surface area contributed by atoms with Gasteiger partial charge in [0.2, 0.25) is 0 Å². The smallest absolute Gasteiger partial charge is 0.251 e. The standard InChI is InChI=1S/C22H25N5O/c1-5-27(4)21-11-20(25-14-26-21)17-7-6-8-18(10-17)22(28)24-13-19-12-23-16(3)9-15(19)2/h6-12,14H,5,13H2,1-4H3,(H,24,28). The van der Waals surface area contributed by atoms with Crippen LogP contribution in [0.4, 0.5) is 5.82 Å². The van der Waals surface area contributed by atoms with E-state index < -0.39 is 0 Å². The van der Waals surface area contributed by atoms with Crippen LogP contribution in [0.1, 0.15) is 34.1 Å². The minimum absolute atomic E-state index is 0.123. The molecule has 1 N–H and O–H groups in total. The molecule has 1 amide bonds. The van der Waals surface area contributed by atoms with Gasteiger partial charge in [-0.1, -0.05) is 12.1 Å². The first kappa shape index (κ1) is 19.5. The van der Waals surface area contributed by atoms with Crippen molar-refractivity contribution in [2.24, 2.45) is 0 Å². The van der Waals surface area contributed by atoms with Gasteiger partial charge in [-0.25, -0.2) is 9.97 Å². The van der Waals surface area contributed by atoms with E-state index in [4.69, 9.17) is 0 Å². The number of hydrogen-bond acceptors (Lipinski definition) is 5. The highest BCUT2D eigenvalue weighted by atomic mass is 16.1. The summed E-state index contributed by atoms with van der Waals surface area (Å²) >= 11 is 0. The van der Waals surface area contributed by atoms with E-state index in [1.807, 2.05) is 62.3 Å². The van der Waals surface area contributed by atoms with Gasteiger partial charge in [-0.05, 0) is 50.1 Å². The summed E-state index contributed by atoms with van der Waals surface area (Å²) in [4.78, 5) is 27.6. The predicted octanol–water partition coefficient (Wildman–Crippen LogP) is 3.54. The number of hydrogen-bond donors (Lipinski definition) is 1. The van der Waals surface area contributed by atoms with E-state index in [1.165, 1.54) is 0 Å². The predicted molar refractivity (Wildman–Crippen MR) is 111 cm³/mol. The lowest BCUT2D eigenvalue weighted by atomic mass is 10.1. The number of anilines is 1. The van der Waals surface area contributed by atoms with Crippen molar-refractivity contribution in [1.29, 1.82) is 0 Å². The molecule has 3 aromatic rings. The second-order valence-electron chi connectivity index (χ2n) is 6.79. The number of carbonyl (C=O) groups excluding carboxylic acids is 1. The van der Waals surface area contributed by atoms with E-state index >= 15 is 0 Å². The largest absolute Gasteiger partial charge is 0.360 e. The van der Waals surface area contributed by atoms with E-state index in [-0.39, 0.29) is 5.91 Å². The van der Waals surface area contributed by atoms with Gasteiger partial charge in [-0.15, -0.1) is 0 Å². The van der Waals surface area contributed by atoms with Gasteiger partial charge in [0.25, 0.3) is 5.91 Å². The average Bonchev–Trinajstić information content (AvgIpc) is 2.72. The molecule has 1 aromatic carbocycles. The Hall–Kier alpha value is -3.28. The fourth-order valence-electron chi connectivity index (χ4n) is 2.88. The zero-order valence-corrected chi connectivity index (χ0v) is 16.7. The maximum Gasteiger partial charge on any atom is 0.251 e. The lowest BCUT2D eigenvalue weighted by Crippen LogP contribution is -2.23. The normalized spacial score (nSPS) is 10.6. The molecule has 0 aliphatic carbocycles. The number of nitrogens with zero attached hydrogens (tertiary/aromatic N) is 4. The first-order chi connectivity index (χ1) is 13.5. The summed E-state index contributed by atoms with van der Waals surface area (Å²) in [6.45, 7) is 7.35. The van der Waals surface area contributed by atoms with Crippen LogP contribution in [-0.4, -0.2) is 34.5 Å². The molecule has 0 aliphatic rings. The Balaban J connectivity index is 1.76. The minimum Gasteiger partial charge on any atom is -0.360 e. The fraction of sp³-hybridized carbons (Fsp3) is 0.273. The van der Waals surface area contributed by atoms with E-state index in [2.05, 4.69) is 27.2 Å². The van der Waals surface area contributed by atoms with Gasteiger partial charge in [-0.2, -0.15) is 0 Å². The van der Waals surface area contributed by atoms with E-state index in [0.717, 1.165) is 40.4 Å². The lowest BCUT2D eigenvalue weighted by Gasteiger charge is -2.15. The molecule has 0 radical (unpaired) electrons. The van der Waals surface area contributed by atoms with Gasteiger partial charge in [0.1, 0.15) is 12.1 Å². The molecule has 0 saturated heterocycles. The highest BCUT2D eigenvalue weighted by Gasteiger charge is 2.10. The van der Waals surface area contributed by atoms with Gasteiger partial charge in [0, 0.05) is 49.2 Å². The van der Waals surface area contributed by atoms with Crippen LogP contribution < -0.4 is 10.2 Å². The summed E-state index contributed by atoms with van der Waals surface area (Å²) in [6.07, 6.45) is 3.37. The lowest BCUT2D eigenvalue weighted by molar-refractivity contribution is 0.0951. The van der Waals surface area contributed by atoms with Crippen LogP contribution in [0.5, 0.6) is 0 Å². The van der Waals surface area contributed by atoms with Crippen molar-refractivity contribution in [2.75, 3.05) is 18.5 Å². The molecule has 6 heteroatoms. The topological polar surface area (TPSA) is 71.0 Å². The second kappa shape index (κ2) is 8.61. The van der Waals surface area contributed by atoms with Crippen molar-refractivity contribution in [1.82, 2.24) is 20.3 Å². The third-order valence-corrected chi connectivity index (χ3v) is 4.73. The Morgan fingerprint density at radius 3 is 2.68 bits per heavy atom. The van der Waals surface area contributed by atoms with Gasteiger partial charge in [-0.3, -0.25) is 9.78 Å². The van der Waals surface area contributed by atoms with Crippen LogP contribution in [0, 0.1) is 13.8 Å². The van der Waals surface area contributed by atoms with Crippen LogP contribution in [0.15, 0.2) is 48.9 Å². The van der Waals surface area contributed by atoms with Crippen LogP contribution in [0.2, 0.25) is 0 Å². The molecule has 0 bridgehead atoms. The Kier molecular flexibility index (Phi) is 5.99. The molecule has 2 aromatic heterocycles. The van der Waals surface area contributed by atoms with Gasteiger partial charge < -0.3 is 10.2 Å². The third kappa shape index (κ3) is 4.52. The Bertz CT molecular complexity index is 986. The quantitative estimate of drug-likeness (QED) is 0.713. The van der Waals surface area contributed by atoms with Crippen molar-refractivity contribution >= 4 is 11.7 Å². The molecular formula is C22H25N5O. The molecule has 0 unspecified atom stereocenters. The number of pyridine rings is 1. The van der Waals surface area contributed by atoms with Crippen LogP contribution in [0.3, 0.4) is 0 Å². The SMILES string of the molecule is CCN(C)c1cc(-c2cccc(C(=O)NCc3cnc(C)cc3C)c2)ncn1. The number of amides is 1. The van der Waals surface area contributed by atoms with Crippen molar-refractivity contribution in [3.8, 4) is 11.3 Å². The molecular weight excluding hydrogens is 350 g/mol. The van der Waals surface area contributed by atoms with Crippen molar-refractivity contribution in [3.05, 3.63) is 71.3 Å². The van der Waals surface area contributed by atoms with E-state index in [1.54, 1.807) is 12.4 Å². The monoisotopic (exact) mass is 375 g/mol. The minimum atomic E-state index is -0.123. The number of carbonyl (C=O) groups is 1. The summed E-state index contributed by atoms with van der Waals surface area (Å²) in [7, 11) is 1.98. The summed E-state index contributed by atoms with van der Waals surface area (Å²) in [6, 6.07) is 11.4. The number of rotatable bonds is 6. The number of benzene rings is 1. The highest BCUT2D eigenvalue weighted by Crippen LogP contribution is 2.21. The number of nitrogens with one attached hydrogen (secondary N) is 1. The Labute approximate surface area is 165 Å². The second-order valence-corrected chi connectivity index (χ2v) is 6.79. The maximum absolute atomic E-state index is 12.6. The Morgan fingerprint density at radius 2 is 1.93 bits per heavy atom. The molecule has 0 atom stereocenters. The zero-order chi connectivity index (χ0) is 20.1. The molecule has 28 heavy (non-hydrogen) atoms. The van der Waals surface area contributed by atoms with E-state index in [0.29, 0.717) is 12.1 Å². The number of aryl methyl sites for hydroxylation is 2. The summed E-state index contributed by atoms with van der Waals surface area (Å²) in [5.41, 5.74) is 5.37. The molecule has 0 spiro atoms. The molecule has 0 saturated carbocycles. The molecule has 6 nitrogen and oxygen atoms in total. The first-order valence-corrected chi connectivity index (χ1v) is 9.32. The van der Waals surface area contributed by atoms with Gasteiger partial charge in [0.05, 0.1) is 5.69 Å². The van der Waals surface area contributed by atoms with Gasteiger partial charge >= 0.3 is 0 Å². The molecule has 2 heterocycles. The Morgan fingerprint density at radius 1 is 1.11 bits per heavy atom. The van der Waals surface area contributed by atoms with Crippen LogP contribution in [0.25, 0.3) is 11.3 Å². The maximum atomic E-state index is 12.6. The van der Waals surface area contributed by atoms with Crippen molar-refractivity contribution < 1.29 is 4.79 Å². The molecule has 3 rings (SSSR count). The third-order valence-electron chi connectivity index (χ3n) is 4.73.